The Morgan fingerprint density at radius 2 is 2.47 bits per heavy atom. The molecule has 0 aliphatic carbocycles. The summed E-state index contributed by atoms with van der Waals surface area (Å²) in [6.45, 7) is 3.41. The Kier molecular flexibility index (Phi) is 2.58. The van der Waals surface area contributed by atoms with Crippen molar-refractivity contribution in [3.8, 4) is 0 Å². The zero-order chi connectivity index (χ0) is 10.3. The molecule has 1 aromatic rings. The van der Waals surface area contributed by atoms with Crippen LogP contribution in [0.15, 0.2) is 5.38 Å². The van der Waals surface area contributed by atoms with Crippen LogP contribution < -0.4 is 10.2 Å². The number of hydrogen-bond acceptors (Lipinski definition) is 4. The summed E-state index contributed by atoms with van der Waals surface area (Å²) in [5.41, 5.74) is 0. The highest BCUT2D eigenvalue weighted by molar-refractivity contribution is 7.14. The summed E-state index contributed by atoms with van der Waals surface area (Å²) >= 11 is 7.50. The predicted octanol–water partition coefficient (Wildman–Crippen LogP) is 1.98. The number of nitrogens with one attached hydrogen (secondary N) is 1. The van der Waals surface area contributed by atoms with Crippen molar-refractivity contribution in [2.75, 3.05) is 24.5 Å². The van der Waals surface area contributed by atoms with E-state index in [0.29, 0.717) is 11.2 Å². The Hall–Kier alpha value is -0.320. The second kappa shape index (κ2) is 3.92. The first-order valence-corrected chi connectivity index (χ1v) is 6.68. The maximum atomic E-state index is 5.85. The molecule has 2 aliphatic heterocycles. The molecule has 5 heteroatoms. The molecule has 0 spiro atoms. The summed E-state index contributed by atoms with van der Waals surface area (Å²) in [7, 11) is 0. The molecule has 1 aromatic heterocycles. The quantitative estimate of drug-likeness (QED) is 0.818. The molecular weight excluding hydrogens is 230 g/mol. The standard InChI is InChI=1S/C10H14ClN3S/c11-9-6-15-10(13-9)14-4-7-2-1-3-12-8(7)5-14/h6-8,12H,1-5H2. The molecule has 2 atom stereocenters. The summed E-state index contributed by atoms with van der Waals surface area (Å²) in [4.78, 5) is 6.70. The molecule has 2 unspecified atom stereocenters. The molecule has 15 heavy (non-hydrogen) atoms. The fourth-order valence-corrected chi connectivity index (χ4v) is 3.56. The van der Waals surface area contributed by atoms with E-state index in [1.807, 2.05) is 5.38 Å². The van der Waals surface area contributed by atoms with Crippen LogP contribution in [0.25, 0.3) is 0 Å². The minimum atomic E-state index is 0.623. The first-order chi connectivity index (χ1) is 7.33. The number of hydrogen-bond donors (Lipinski definition) is 1. The summed E-state index contributed by atoms with van der Waals surface area (Å²) in [6.07, 6.45) is 2.67. The first-order valence-electron chi connectivity index (χ1n) is 5.42. The van der Waals surface area contributed by atoms with Crippen LogP contribution in [0.5, 0.6) is 0 Å². The van der Waals surface area contributed by atoms with E-state index in [0.717, 1.165) is 24.1 Å². The number of nitrogens with zero attached hydrogens (tertiary/aromatic N) is 2. The monoisotopic (exact) mass is 243 g/mol. The molecule has 3 rings (SSSR count). The Balaban J connectivity index is 1.74. The number of thiazole rings is 1. The Morgan fingerprint density at radius 1 is 1.53 bits per heavy atom. The number of aromatic nitrogens is 1. The van der Waals surface area contributed by atoms with Crippen molar-refractivity contribution in [3.63, 3.8) is 0 Å². The van der Waals surface area contributed by atoms with Crippen LogP contribution in [0.3, 0.4) is 0 Å². The van der Waals surface area contributed by atoms with Gasteiger partial charge in [-0.3, -0.25) is 0 Å². The minimum Gasteiger partial charge on any atom is -0.346 e. The maximum absolute atomic E-state index is 5.85. The summed E-state index contributed by atoms with van der Waals surface area (Å²) in [5.74, 6) is 0.807. The minimum absolute atomic E-state index is 0.623. The lowest BCUT2D eigenvalue weighted by Gasteiger charge is -2.24. The van der Waals surface area contributed by atoms with Crippen molar-refractivity contribution >= 4 is 28.1 Å². The van der Waals surface area contributed by atoms with Crippen LogP contribution in [0.2, 0.25) is 5.15 Å². The van der Waals surface area contributed by atoms with E-state index in [1.165, 1.54) is 19.4 Å². The third-order valence-electron chi connectivity index (χ3n) is 3.33. The van der Waals surface area contributed by atoms with Gasteiger partial charge in [-0.15, -0.1) is 11.3 Å². The Labute approximate surface area is 98.4 Å². The summed E-state index contributed by atoms with van der Waals surface area (Å²) in [5, 5.41) is 7.20. The van der Waals surface area contributed by atoms with Crippen LogP contribution in [0.1, 0.15) is 12.8 Å². The molecule has 1 N–H and O–H groups in total. The molecule has 0 radical (unpaired) electrons. The van der Waals surface area contributed by atoms with Gasteiger partial charge in [0.05, 0.1) is 0 Å². The van der Waals surface area contributed by atoms with Crippen molar-refractivity contribution in [2.45, 2.75) is 18.9 Å². The second-order valence-corrected chi connectivity index (χ2v) is 5.54. The van der Waals surface area contributed by atoms with Crippen molar-refractivity contribution < 1.29 is 0 Å². The van der Waals surface area contributed by atoms with Gasteiger partial charge in [-0.1, -0.05) is 11.6 Å². The van der Waals surface area contributed by atoms with Gasteiger partial charge >= 0.3 is 0 Å². The van der Waals surface area contributed by atoms with Crippen molar-refractivity contribution in [3.05, 3.63) is 10.5 Å². The normalized spacial score (nSPS) is 30.6. The van der Waals surface area contributed by atoms with Gasteiger partial charge in [0, 0.05) is 24.5 Å². The highest BCUT2D eigenvalue weighted by Crippen LogP contribution is 2.31. The van der Waals surface area contributed by atoms with Gasteiger partial charge in [-0.05, 0) is 25.3 Å². The lowest BCUT2D eigenvalue weighted by molar-refractivity contribution is 0.340. The van der Waals surface area contributed by atoms with Gasteiger partial charge < -0.3 is 10.2 Å². The molecule has 2 saturated heterocycles. The molecule has 0 bridgehead atoms. The van der Waals surface area contributed by atoms with E-state index in [-0.39, 0.29) is 0 Å². The number of anilines is 1. The Morgan fingerprint density at radius 3 is 3.20 bits per heavy atom. The molecule has 3 heterocycles. The summed E-state index contributed by atoms with van der Waals surface area (Å²) < 4.78 is 0. The highest BCUT2D eigenvalue weighted by Gasteiger charge is 2.35. The third kappa shape index (κ3) is 1.86. The molecule has 3 nitrogen and oxygen atoms in total. The molecule has 0 saturated carbocycles. The van der Waals surface area contributed by atoms with Crippen LogP contribution in [0, 0.1) is 5.92 Å². The van der Waals surface area contributed by atoms with Crippen molar-refractivity contribution in [1.82, 2.24) is 10.3 Å². The molecule has 2 fully saturated rings. The zero-order valence-electron chi connectivity index (χ0n) is 8.45. The maximum Gasteiger partial charge on any atom is 0.186 e. The van der Waals surface area contributed by atoms with Gasteiger partial charge in [-0.25, -0.2) is 4.98 Å². The topological polar surface area (TPSA) is 28.2 Å². The number of rotatable bonds is 1. The van der Waals surface area contributed by atoms with E-state index in [1.54, 1.807) is 11.3 Å². The molecule has 82 valence electrons. The van der Waals surface area contributed by atoms with Crippen molar-refractivity contribution in [2.24, 2.45) is 5.92 Å². The molecule has 0 amide bonds. The number of fused-ring (bicyclic) bond motifs is 1. The number of piperidine rings is 1. The molecule has 0 aromatic carbocycles. The fraction of sp³-hybridized carbons (Fsp3) is 0.700. The van der Waals surface area contributed by atoms with E-state index >= 15 is 0 Å². The fourth-order valence-electron chi connectivity index (χ4n) is 2.59. The number of halogens is 1. The van der Waals surface area contributed by atoms with Gasteiger partial charge in [0.1, 0.15) is 5.15 Å². The zero-order valence-corrected chi connectivity index (χ0v) is 10.0. The summed E-state index contributed by atoms with van der Waals surface area (Å²) in [6, 6.07) is 0.668. The molecular formula is C10H14ClN3S. The average molecular weight is 244 g/mol. The smallest absolute Gasteiger partial charge is 0.186 e. The first kappa shape index (κ1) is 9.87. The Bertz CT molecular complexity index is 340. The lowest BCUT2D eigenvalue weighted by atomic mass is 9.94. The van der Waals surface area contributed by atoms with Gasteiger partial charge in [0.15, 0.2) is 5.13 Å². The van der Waals surface area contributed by atoms with Crippen LogP contribution >= 0.6 is 22.9 Å². The van der Waals surface area contributed by atoms with Gasteiger partial charge in [0.25, 0.3) is 0 Å². The highest BCUT2D eigenvalue weighted by atomic mass is 35.5. The SMILES string of the molecule is Clc1csc(N2CC3CCCNC3C2)n1. The van der Waals surface area contributed by atoms with Crippen LogP contribution in [0.4, 0.5) is 5.13 Å². The second-order valence-electron chi connectivity index (χ2n) is 4.32. The van der Waals surface area contributed by atoms with Crippen molar-refractivity contribution in [1.29, 1.82) is 0 Å². The van der Waals surface area contributed by atoms with Gasteiger partial charge in [-0.2, -0.15) is 0 Å². The third-order valence-corrected chi connectivity index (χ3v) is 4.56. The van der Waals surface area contributed by atoms with Gasteiger partial charge in [0.2, 0.25) is 0 Å². The van der Waals surface area contributed by atoms with E-state index < -0.39 is 0 Å². The van der Waals surface area contributed by atoms with Crippen LogP contribution in [-0.2, 0) is 0 Å². The van der Waals surface area contributed by atoms with E-state index in [4.69, 9.17) is 11.6 Å². The predicted molar refractivity (Wildman–Crippen MR) is 63.9 cm³/mol. The van der Waals surface area contributed by atoms with E-state index in [9.17, 15) is 0 Å². The van der Waals surface area contributed by atoms with Crippen LogP contribution in [-0.4, -0.2) is 30.7 Å². The average Bonchev–Trinajstić information content (AvgIpc) is 2.82. The largest absolute Gasteiger partial charge is 0.346 e. The molecule has 2 aliphatic rings. The lowest BCUT2D eigenvalue weighted by Crippen LogP contribution is -2.40. The van der Waals surface area contributed by atoms with E-state index in [2.05, 4.69) is 15.2 Å².